The van der Waals surface area contributed by atoms with Crippen LogP contribution in [0.5, 0.6) is 5.75 Å². The lowest BCUT2D eigenvalue weighted by Crippen LogP contribution is -2.31. The van der Waals surface area contributed by atoms with Crippen LogP contribution >= 0.6 is 0 Å². The number of ether oxygens (including phenoxy) is 2. The lowest BCUT2D eigenvalue weighted by molar-refractivity contribution is 0.0594. The number of hydrogen-bond donors (Lipinski definition) is 0. The van der Waals surface area contributed by atoms with Crippen LogP contribution in [0.4, 0.5) is 0 Å². The summed E-state index contributed by atoms with van der Waals surface area (Å²) in [6.07, 6.45) is 1.76. The molecule has 0 fully saturated rings. The SMILES string of the molecule is CCCN(Cc1nc(C(=O)OC)co1)S(=O)(=O)c1ccc(OC)cc1. The van der Waals surface area contributed by atoms with E-state index in [0.717, 1.165) is 6.26 Å². The molecular formula is C16H20N2O6S. The molecular weight excluding hydrogens is 348 g/mol. The third-order valence-electron chi connectivity index (χ3n) is 3.43. The largest absolute Gasteiger partial charge is 0.497 e. The molecule has 1 heterocycles. The molecule has 0 saturated carbocycles. The minimum absolute atomic E-state index is 0.00389. The fourth-order valence-corrected chi connectivity index (χ4v) is 3.64. The van der Waals surface area contributed by atoms with Crippen LogP contribution in [0, 0.1) is 0 Å². The highest BCUT2D eigenvalue weighted by atomic mass is 32.2. The van der Waals surface area contributed by atoms with Crippen molar-refractivity contribution in [2.75, 3.05) is 20.8 Å². The van der Waals surface area contributed by atoms with Gasteiger partial charge in [0.15, 0.2) is 5.69 Å². The van der Waals surface area contributed by atoms with Crippen LogP contribution < -0.4 is 4.74 Å². The van der Waals surface area contributed by atoms with Gasteiger partial charge in [0, 0.05) is 6.54 Å². The standard InChI is InChI=1S/C16H20N2O6S/c1-4-9-18(10-15-17-14(11-24-15)16(19)23-3)25(20,21)13-7-5-12(22-2)6-8-13/h5-8,11H,4,9-10H2,1-3H3. The van der Waals surface area contributed by atoms with Crippen molar-refractivity contribution in [2.24, 2.45) is 0 Å². The first-order valence-corrected chi connectivity index (χ1v) is 9.03. The Bertz CT molecular complexity index is 813. The van der Waals surface area contributed by atoms with Gasteiger partial charge in [-0.3, -0.25) is 0 Å². The lowest BCUT2D eigenvalue weighted by atomic mass is 10.3. The molecule has 0 spiro atoms. The summed E-state index contributed by atoms with van der Waals surface area (Å²) < 4.78 is 41.7. The number of hydrogen-bond acceptors (Lipinski definition) is 7. The molecule has 9 heteroatoms. The van der Waals surface area contributed by atoms with Gasteiger partial charge in [-0.15, -0.1) is 0 Å². The minimum atomic E-state index is -3.74. The molecule has 0 unspecified atom stereocenters. The van der Waals surface area contributed by atoms with E-state index in [9.17, 15) is 13.2 Å². The second kappa shape index (κ2) is 8.13. The Morgan fingerprint density at radius 1 is 1.24 bits per heavy atom. The van der Waals surface area contributed by atoms with Crippen LogP contribution in [0.25, 0.3) is 0 Å². The number of sulfonamides is 1. The summed E-state index contributed by atoms with van der Waals surface area (Å²) in [5.41, 5.74) is -0.00389. The van der Waals surface area contributed by atoms with Gasteiger partial charge in [-0.05, 0) is 30.7 Å². The zero-order valence-corrected chi connectivity index (χ0v) is 15.1. The Morgan fingerprint density at radius 3 is 2.48 bits per heavy atom. The summed E-state index contributed by atoms with van der Waals surface area (Å²) in [4.78, 5) is 15.5. The number of esters is 1. The van der Waals surface area contributed by atoms with Gasteiger partial charge < -0.3 is 13.9 Å². The molecule has 0 saturated heterocycles. The summed E-state index contributed by atoms with van der Waals surface area (Å²) in [5, 5.41) is 0. The van der Waals surface area contributed by atoms with Gasteiger partial charge in [0.25, 0.3) is 0 Å². The van der Waals surface area contributed by atoms with E-state index >= 15 is 0 Å². The number of carbonyl (C=O) groups excluding carboxylic acids is 1. The van der Waals surface area contributed by atoms with Crippen molar-refractivity contribution in [3.63, 3.8) is 0 Å². The quantitative estimate of drug-likeness (QED) is 0.658. The molecule has 2 aromatic rings. The first kappa shape index (κ1) is 18.9. The molecule has 25 heavy (non-hydrogen) atoms. The predicted molar refractivity (Wildman–Crippen MR) is 88.7 cm³/mol. The summed E-state index contributed by atoms with van der Waals surface area (Å²) in [7, 11) is -1.00. The average Bonchev–Trinajstić information content (AvgIpc) is 3.09. The van der Waals surface area contributed by atoms with Gasteiger partial charge in [0.05, 0.1) is 25.7 Å². The van der Waals surface area contributed by atoms with Crippen LogP contribution in [0.1, 0.15) is 29.7 Å². The van der Waals surface area contributed by atoms with Crippen molar-refractivity contribution in [1.82, 2.24) is 9.29 Å². The van der Waals surface area contributed by atoms with Crippen molar-refractivity contribution in [3.8, 4) is 5.75 Å². The normalized spacial score (nSPS) is 11.5. The Kier molecular flexibility index (Phi) is 6.16. The van der Waals surface area contributed by atoms with Crippen molar-refractivity contribution in [3.05, 3.63) is 42.1 Å². The summed E-state index contributed by atoms with van der Waals surface area (Å²) in [6, 6.07) is 6.12. The zero-order chi connectivity index (χ0) is 18.4. The Morgan fingerprint density at radius 2 is 1.92 bits per heavy atom. The molecule has 0 N–H and O–H groups in total. The number of oxazole rings is 1. The van der Waals surface area contributed by atoms with Crippen LogP contribution in [0.3, 0.4) is 0 Å². The van der Waals surface area contributed by atoms with Gasteiger partial charge in [-0.2, -0.15) is 4.31 Å². The molecule has 1 aromatic carbocycles. The monoisotopic (exact) mass is 368 g/mol. The molecule has 0 aliphatic carbocycles. The van der Waals surface area contributed by atoms with E-state index in [1.165, 1.54) is 30.7 Å². The molecule has 2 rings (SSSR count). The van der Waals surface area contributed by atoms with Gasteiger partial charge in [0.2, 0.25) is 15.9 Å². The van der Waals surface area contributed by atoms with Crippen LogP contribution in [-0.4, -0.2) is 44.4 Å². The van der Waals surface area contributed by atoms with E-state index in [1.54, 1.807) is 12.1 Å². The van der Waals surface area contributed by atoms with Crippen LogP contribution in [0.2, 0.25) is 0 Å². The van der Waals surface area contributed by atoms with E-state index in [4.69, 9.17) is 9.15 Å². The van der Waals surface area contributed by atoms with E-state index in [1.807, 2.05) is 6.92 Å². The molecule has 0 aliphatic heterocycles. The van der Waals surface area contributed by atoms with Gasteiger partial charge in [0.1, 0.15) is 12.0 Å². The van der Waals surface area contributed by atoms with Crippen molar-refractivity contribution in [2.45, 2.75) is 24.8 Å². The molecule has 0 aliphatic rings. The third-order valence-corrected chi connectivity index (χ3v) is 5.29. The highest BCUT2D eigenvalue weighted by molar-refractivity contribution is 7.89. The van der Waals surface area contributed by atoms with Crippen LogP contribution in [-0.2, 0) is 21.3 Å². The molecule has 0 bridgehead atoms. The maximum atomic E-state index is 12.8. The highest BCUT2D eigenvalue weighted by Crippen LogP contribution is 2.21. The minimum Gasteiger partial charge on any atom is -0.497 e. The van der Waals surface area contributed by atoms with Crippen molar-refractivity contribution in [1.29, 1.82) is 0 Å². The predicted octanol–water partition coefficient (Wildman–Crippen LogP) is 2.07. The number of rotatable bonds is 8. The number of methoxy groups -OCH3 is 2. The summed E-state index contributed by atoms with van der Waals surface area (Å²) in [5.74, 6) is 0.0393. The zero-order valence-electron chi connectivity index (χ0n) is 14.3. The number of aromatic nitrogens is 1. The first-order chi connectivity index (χ1) is 11.9. The molecule has 0 amide bonds. The maximum Gasteiger partial charge on any atom is 0.360 e. The highest BCUT2D eigenvalue weighted by Gasteiger charge is 2.26. The second-order valence-corrected chi connectivity index (χ2v) is 7.07. The van der Waals surface area contributed by atoms with Crippen molar-refractivity contribution < 1.29 is 27.1 Å². The molecule has 136 valence electrons. The summed E-state index contributed by atoms with van der Waals surface area (Å²) >= 11 is 0. The fourth-order valence-electron chi connectivity index (χ4n) is 2.16. The molecule has 1 aromatic heterocycles. The molecule has 0 radical (unpaired) electrons. The summed E-state index contributed by atoms with van der Waals surface area (Å²) in [6.45, 7) is 2.06. The van der Waals surface area contributed by atoms with Crippen LogP contribution in [0.15, 0.2) is 39.8 Å². The topological polar surface area (TPSA) is 98.9 Å². The van der Waals surface area contributed by atoms with Gasteiger partial charge in [-0.25, -0.2) is 18.2 Å². The molecule has 0 atom stereocenters. The Labute approximate surface area is 146 Å². The van der Waals surface area contributed by atoms with Gasteiger partial charge >= 0.3 is 5.97 Å². The number of nitrogens with zero attached hydrogens (tertiary/aromatic N) is 2. The number of carbonyl (C=O) groups is 1. The third kappa shape index (κ3) is 4.37. The smallest absolute Gasteiger partial charge is 0.360 e. The van der Waals surface area contributed by atoms with E-state index < -0.39 is 16.0 Å². The lowest BCUT2D eigenvalue weighted by Gasteiger charge is -2.20. The molecule has 8 nitrogen and oxygen atoms in total. The first-order valence-electron chi connectivity index (χ1n) is 7.59. The maximum absolute atomic E-state index is 12.8. The number of benzene rings is 1. The van der Waals surface area contributed by atoms with E-state index in [-0.39, 0.29) is 29.6 Å². The Balaban J connectivity index is 2.26. The second-order valence-electron chi connectivity index (χ2n) is 5.13. The van der Waals surface area contributed by atoms with Gasteiger partial charge in [-0.1, -0.05) is 6.92 Å². The van der Waals surface area contributed by atoms with E-state index in [0.29, 0.717) is 12.2 Å². The average molecular weight is 368 g/mol. The van der Waals surface area contributed by atoms with Crippen molar-refractivity contribution >= 4 is 16.0 Å². The fraction of sp³-hybridized carbons (Fsp3) is 0.375. The Hall–Kier alpha value is -2.39. The van der Waals surface area contributed by atoms with E-state index in [2.05, 4.69) is 9.72 Å².